The number of nitrogens with one attached hydrogen (secondary N) is 1. The van der Waals surface area contributed by atoms with Crippen LogP contribution in [0.4, 0.5) is 11.4 Å². The maximum atomic E-state index is 10.8. The summed E-state index contributed by atoms with van der Waals surface area (Å²) in [5.74, 6) is 0. The molecule has 6 heteroatoms. The number of halogens is 1. The van der Waals surface area contributed by atoms with Gasteiger partial charge in [-0.25, -0.2) is 0 Å². The van der Waals surface area contributed by atoms with E-state index in [-0.39, 0.29) is 11.7 Å². The molecule has 0 saturated carbocycles. The van der Waals surface area contributed by atoms with Gasteiger partial charge in [-0.3, -0.25) is 10.1 Å². The fourth-order valence-electron chi connectivity index (χ4n) is 1.34. The van der Waals surface area contributed by atoms with E-state index in [1.807, 2.05) is 6.92 Å². The first-order valence-electron chi connectivity index (χ1n) is 4.74. The summed E-state index contributed by atoms with van der Waals surface area (Å²) in [6, 6.07) is 4.93. The molecule has 0 fully saturated rings. The first-order valence-corrected chi connectivity index (χ1v) is 5.53. The highest BCUT2D eigenvalue weighted by Crippen LogP contribution is 2.28. The Labute approximate surface area is 102 Å². The average Bonchev–Trinajstić information content (AvgIpc) is 2.20. The molecule has 0 bridgehead atoms. The van der Waals surface area contributed by atoms with Gasteiger partial charge in [-0.15, -0.1) is 0 Å². The third kappa shape index (κ3) is 3.46. The lowest BCUT2D eigenvalue weighted by molar-refractivity contribution is -0.384. The Morgan fingerprint density at radius 2 is 2.31 bits per heavy atom. The molecule has 0 aromatic heterocycles. The van der Waals surface area contributed by atoms with Gasteiger partial charge in [0.2, 0.25) is 0 Å². The number of nitro groups is 1. The van der Waals surface area contributed by atoms with Crippen LogP contribution < -0.4 is 5.32 Å². The number of hydrogen-bond donors (Lipinski definition) is 1. The number of ether oxygens (including phenoxy) is 1. The highest BCUT2D eigenvalue weighted by atomic mass is 79.9. The Morgan fingerprint density at radius 1 is 1.62 bits per heavy atom. The van der Waals surface area contributed by atoms with Crippen molar-refractivity contribution in [2.45, 2.75) is 13.0 Å². The van der Waals surface area contributed by atoms with E-state index in [1.165, 1.54) is 6.07 Å². The summed E-state index contributed by atoms with van der Waals surface area (Å²) < 4.78 is 5.64. The van der Waals surface area contributed by atoms with Crippen LogP contribution in [0.5, 0.6) is 0 Å². The number of hydrogen-bond acceptors (Lipinski definition) is 4. The second-order valence-corrected chi connectivity index (χ2v) is 4.33. The summed E-state index contributed by atoms with van der Waals surface area (Å²) >= 11 is 3.20. The second kappa shape index (κ2) is 5.81. The Morgan fingerprint density at radius 3 is 2.88 bits per heavy atom. The SMILES string of the molecule is COC[C@H](C)Nc1ccc(Br)cc1[N+](=O)[O-]. The van der Waals surface area contributed by atoms with Crippen molar-refractivity contribution in [3.8, 4) is 0 Å². The van der Waals surface area contributed by atoms with Crippen LogP contribution in [-0.4, -0.2) is 24.7 Å². The number of anilines is 1. The van der Waals surface area contributed by atoms with Crippen molar-refractivity contribution < 1.29 is 9.66 Å². The van der Waals surface area contributed by atoms with E-state index < -0.39 is 4.92 Å². The van der Waals surface area contributed by atoms with Crippen LogP contribution in [0.1, 0.15) is 6.92 Å². The third-order valence-corrected chi connectivity index (χ3v) is 2.47. The van der Waals surface area contributed by atoms with Crippen LogP contribution in [0, 0.1) is 10.1 Å². The summed E-state index contributed by atoms with van der Waals surface area (Å²) in [5, 5.41) is 13.9. The van der Waals surface area contributed by atoms with Crippen molar-refractivity contribution in [1.82, 2.24) is 0 Å². The lowest BCUT2D eigenvalue weighted by Gasteiger charge is -2.14. The standard InChI is InChI=1S/C10H13BrN2O3/c1-7(6-16-2)12-9-4-3-8(11)5-10(9)13(14)15/h3-5,7,12H,6H2,1-2H3/t7-/m0/s1. The minimum atomic E-state index is -0.410. The Bertz CT molecular complexity index is 384. The fraction of sp³-hybridized carbons (Fsp3) is 0.400. The maximum Gasteiger partial charge on any atom is 0.293 e. The number of nitro benzene ring substituents is 1. The Balaban J connectivity index is 2.90. The molecule has 0 radical (unpaired) electrons. The van der Waals surface area contributed by atoms with E-state index in [1.54, 1.807) is 19.2 Å². The lowest BCUT2D eigenvalue weighted by Crippen LogP contribution is -2.21. The predicted octanol–water partition coefficient (Wildman–Crippen LogP) is 2.80. The van der Waals surface area contributed by atoms with Crippen molar-refractivity contribution in [3.05, 3.63) is 32.8 Å². The van der Waals surface area contributed by atoms with E-state index in [0.717, 1.165) is 0 Å². The summed E-state index contributed by atoms with van der Waals surface area (Å²) in [6.07, 6.45) is 0. The molecule has 0 saturated heterocycles. The highest BCUT2D eigenvalue weighted by molar-refractivity contribution is 9.10. The first-order chi connectivity index (χ1) is 7.54. The summed E-state index contributed by atoms with van der Waals surface area (Å²) in [7, 11) is 1.59. The quantitative estimate of drug-likeness (QED) is 0.668. The molecule has 88 valence electrons. The van der Waals surface area contributed by atoms with Gasteiger partial charge in [-0.2, -0.15) is 0 Å². The van der Waals surface area contributed by atoms with Gasteiger partial charge in [-0.05, 0) is 19.1 Å². The van der Waals surface area contributed by atoms with Crippen molar-refractivity contribution in [1.29, 1.82) is 0 Å². The molecular formula is C10H13BrN2O3. The Kier molecular flexibility index (Phi) is 4.70. The minimum absolute atomic E-state index is 0.0184. The topological polar surface area (TPSA) is 64.4 Å². The molecule has 16 heavy (non-hydrogen) atoms. The number of methoxy groups -OCH3 is 1. The van der Waals surface area contributed by atoms with Crippen LogP contribution >= 0.6 is 15.9 Å². The zero-order valence-corrected chi connectivity index (χ0v) is 10.7. The van der Waals surface area contributed by atoms with Gasteiger partial charge in [0.25, 0.3) is 5.69 Å². The third-order valence-electron chi connectivity index (χ3n) is 1.98. The Hall–Kier alpha value is -1.14. The fourth-order valence-corrected chi connectivity index (χ4v) is 1.68. The van der Waals surface area contributed by atoms with E-state index >= 15 is 0 Å². The molecular weight excluding hydrogens is 276 g/mol. The molecule has 0 spiro atoms. The molecule has 0 heterocycles. The normalized spacial score (nSPS) is 12.2. The number of nitrogens with zero attached hydrogens (tertiary/aromatic N) is 1. The molecule has 0 aliphatic rings. The van der Waals surface area contributed by atoms with Gasteiger partial charge >= 0.3 is 0 Å². The largest absolute Gasteiger partial charge is 0.383 e. The highest BCUT2D eigenvalue weighted by Gasteiger charge is 2.15. The van der Waals surface area contributed by atoms with Gasteiger partial charge in [0, 0.05) is 23.7 Å². The zero-order valence-electron chi connectivity index (χ0n) is 9.07. The number of rotatable bonds is 5. The predicted molar refractivity (Wildman–Crippen MR) is 65.8 cm³/mol. The molecule has 0 amide bonds. The molecule has 1 aromatic carbocycles. The van der Waals surface area contributed by atoms with Crippen molar-refractivity contribution in [3.63, 3.8) is 0 Å². The molecule has 0 unspecified atom stereocenters. The van der Waals surface area contributed by atoms with Gasteiger partial charge in [0.1, 0.15) is 5.69 Å². The van der Waals surface area contributed by atoms with E-state index in [2.05, 4.69) is 21.2 Å². The molecule has 1 rings (SSSR count). The summed E-state index contributed by atoms with van der Waals surface area (Å²) in [5.41, 5.74) is 0.551. The molecule has 1 atom stereocenters. The van der Waals surface area contributed by atoms with Crippen LogP contribution in [0.2, 0.25) is 0 Å². The van der Waals surface area contributed by atoms with Crippen molar-refractivity contribution in [2.75, 3.05) is 19.0 Å². The molecule has 5 nitrogen and oxygen atoms in total. The van der Waals surface area contributed by atoms with Crippen LogP contribution in [0.15, 0.2) is 22.7 Å². The second-order valence-electron chi connectivity index (χ2n) is 3.42. The van der Waals surface area contributed by atoms with Crippen molar-refractivity contribution >= 4 is 27.3 Å². The van der Waals surface area contributed by atoms with Crippen molar-refractivity contribution in [2.24, 2.45) is 0 Å². The van der Waals surface area contributed by atoms with Gasteiger partial charge in [-0.1, -0.05) is 15.9 Å². The van der Waals surface area contributed by atoms with Gasteiger partial charge in [0.05, 0.1) is 11.5 Å². The van der Waals surface area contributed by atoms with Gasteiger partial charge < -0.3 is 10.1 Å². The monoisotopic (exact) mass is 288 g/mol. The average molecular weight is 289 g/mol. The lowest BCUT2D eigenvalue weighted by atomic mass is 10.2. The van der Waals surface area contributed by atoms with Crippen LogP contribution in [0.25, 0.3) is 0 Å². The molecule has 0 aliphatic heterocycles. The van der Waals surface area contributed by atoms with E-state index in [9.17, 15) is 10.1 Å². The molecule has 0 aliphatic carbocycles. The van der Waals surface area contributed by atoms with E-state index in [4.69, 9.17) is 4.74 Å². The molecule has 1 aromatic rings. The summed E-state index contributed by atoms with van der Waals surface area (Å²) in [4.78, 5) is 10.4. The van der Waals surface area contributed by atoms with Gasteiger partial charge in [0.15, 0.2) is 0 Å². The van der Waals surface area contributed by atoms with E-state index in [0.29, 0.717) is 16.8 Å². The number of benzene rings is 1. The smallest absolute Gasteiger partial charge is 0.293 e. The first kappa shape index (κ1) is 12.9. The molecule has 1 N–H and O–H groups in total. The van der Waals surface area contributed by atoms with Crippen LogP contribution in [0.3, 0.4) is 0 Å². The minimum Gasteiger partial charge on any atom is -0.383 e. The van der Waals surface area contributed by atoms with Crippen LogP contribution in [-0.2, 0) is 4.74 Å². The zero-order chi connectivity index (χ0) is 12.1. The maximum absolute atomic E-state index is 10.8. The summed E-state index contributed by atoms with van der Waals surface area (Å²) in [6.45, 7) is 2.39.